The minimum Gasteiger partial charge on any atom is -0.453 e. The quantitative estimate of drug-likeness (QED) is 0.156. The second kappa shape index (κ2) is 26.1. The van der Waals surface area contributed by atoms with Crippen LogP contribution in [0.3, 0.4) is 0 Å². The van der Waals surface area contributed by atoms with Crippen molar-refractivity contribution in [2.24, 2.45) is 0 Å². The number of hydrogen-bond donors (Lipinski definition) is 0. The summed E-state index contributed by atoms with van der Waals surface area (Å²) in [5, 5.41) is 5.22. The van der Waals surface area contributed by atoms with Crippen LogP contribution in [0.4, 0.5) is 17.1 Å². The van der Waals surface area contributed by atoms with Crippen LogP contribution >= 0.6 is 0 Å². The topological polar surface area (TPSA) is 60.4 Å². The molecule has 13 heteroatoms. The predicted molar refractivity (Wildman–Crippen MR) is 534 cm³/mol. The van der Waals surface area contributed by atoms with E-state index in [9.17, 15) is 0 Å². The molecule has 3 atom stereocenters. The lowest BCUT2D eigenvalue weighted by Gasteiger charge is -2.38. The van der Waals surface area contributed by atoms with Gasteiger partial charge in [0, 0.05) is 78.7 Å². The number of anilines is 3. The summed E-state index contributed by atoms with van der Waals surface area (Å²) in [4.78, 5) is 2.44. The number of fused-ring (bicyclic) bond motifs is 23. The first-order valence-corrected chi connectivity index (χ1v) is 47.3. The Balaban J connectivity index is 0.0000000950. The van der Waals surface area contributed by atoms with Crippen LogP contribution < -0.4 is 37.4 Å². The summed E-state index contributed by atoms with van der Waals surface area (Å²) < 4.78 is 34.6. The number of aromatic nitrogens is 11. The molecule has 3 spiro atoms. The maximum absolute atomic E-state index is 6.67. The summed E-state index contributed by atoms with van der Waals surface area (Å²) in [6, 6.07) is 140. The van der Waals surface area contributed by atoms with Gasteiger partial charge in [-0.2, -0.15) is 0 Å². The van der Waals surface area contributed by atoms with Gasteiger partial charge in [0.2, 0.25) is 34.2 Å². The molecule has 10 aliphatic heterocycles. The summed E-state index contributed by atoms with van der Waals surface area (Å²) in [7, 11) is 0. The Kier molecular flexibility index (Phi) is 14.2. The Morgan fingerprint density at radius 3 is 1.07 bits per heavy atom. The van der Waals surface area contributed by atoms with Crippen molar-refractivity contribution in [1.29, 1.82) is 0 Å². The lowest BCUT2D eigenvalue weighted by molar-refractivity contribution is -0.990. The van der Waals surface area contributed by atoms with E-state index < -0.39 is 17.0 Å². The molecule has 8 aromatic heterocycles. The van der Waals surface area contributed by atoms with Gasteiger partial charge in [-0.3, -0.25) is 0 Å². The van der Waals surface area contributed by atoms with E-state index in [0.717, 1.165) is 22.9 Å². The Hall–Kier alpha value is -17.4. The van der Waals surface area contributed by atoms with Crippen LogP contribution in [0.15, 0.2) is 401 Å². The molecule has 0 amide bonds. The number of ether oxygens (including phenoxy) is 1. The second-order valence-electron chi connectivity index (χ2n) is 38.0. The van der Waals surface area contributed by atoms with Crippen LogP contribution in [0.5, 0.6) is 11.5 Å². The van der Waals surface area contributed by atoms with Gasteiger partial charge in [0.25, 0.3) is 0 Å². The molecular formula is C123H84N12O+6. The molecule has 0 fully saturated rings. The zero-order valence-corrected chi connectivity index (χ0v) is 75.4. The van der Waals surface area contributed by atoms with Crippen molar-refractivity contribution in [3.05, 3.63) is 468 Å². The van der Waals surface area contributed by atoms with Crippen molar-refractivity contribution in [3.63, 3.8) is 0 Å². The fourth-order valence-corrected chi connectivity index (χ4v) is 27.0. The zero-order valence-electron chi connectivity index (χ0n) is 75.4. The van der Waals surface area contributed by atoms with Gasteiger partial charge in [0.1, 0.15) is 39.4 Å². The first-order valence-electron chi connectivity index (χ1n) is 47.3. The van der Waals surface area contributed by atoms with E-state index >= 15 is 0 Å². The zero-order chi connectivity index (χ0) is 89.5. The standard InChI is InChI=1S/C41H28N4O.2C41H28N4/c1-25-37(29-20-18-28(19-21-29)27-11-4-3-5-12-27)26(2)45-41-38-30(31-13-8-9-24-42(31)41)22-23-36-40(38)43(32-14-6-7-17-35(32)46-36)33-15-10-16-34(39(33)41)44(25)45;1-25-37(29-20-18-28(19-21-29)27-11-4-3-5-12-27)26(2)45-41-38-32(33-15-8-9-24-42(33)41)14-10-17-35(38)43-34-16-7-6-13-30(34)31-22-23-36(44(25)45)39(41)40(31)43;1-25-37(29-20-18-28(19-21-29)27-11-4-3-5-12-27)26(2)45-41-38-32(33-14-8-9-24-42(33)41)23-22-31-30-13-6-7-15-34(30)43(40(31)38)35-16-10-17-36(39(35)41)44(25)45/h3-24H,1-2H3;2*3-24H,1-2H3/q3*+2. The highest BCUT2D eigenvalue weighted by molar-refractivity contribution is 6.15. The number of rotatable bonds is 6. The summed E-state index contributed by atoms with van der Waals surface area (Å²) in [6.07, 6.45) is 6.84. The summed E-state index contributed by atoms with van der Waals surface area (Å²) >= 11 is 0. The fraction of sp³-hybridized carbons (Fsp3) is 0.0732. The summed E-state index contributed by atoms with van der Waals surface area (Å²) in [5.41, 5.74) is 51.1. The van der Waals surface area contributed by atoms with Crippen LogP contribution in [0.1, 0.15) is 67.5 Å². The third-order valence-corrected chi connectivity index (χ3v) is 31.8. The Labute approximate surface area is 783 Å². The fourth-order valence-electron chi connectivity index (χ4n) is 27.0. The molecule has 23 aromatic rings. The Morgan fingerprint density at radius 2 is 0.574 bits per heavy atom. The predicted octanol–water partition coefficient (Wildman–Crippen LogP) is 24.5. The van der Waals surface area contributed by atoms with Gasteiger partial charge in [0.05, 0.1) is 95.3 Å². The summed E-state index contributed by atoms with van der Waals surface area (Å²) in [6.45, 7) is 13.8. The van der Waals surface area contributed by atoms with Crippen LogP contribution in [-0.4, -0.2) is 23.2 Å². The number of benzene rings is 15. The lowest BCUT2D eigenvalue weighted by Crippen LogP contribution is -2.74. The lowest BCUT2D eigenvalue weighted by atomic mass is 9.82. The molecule has 136 heavy (non-hydrogen) atoms. The van der Waals surface area contributed by atoms with Crippen LogP contribution in [0.25, 0.3) is 173 Å². The molecule has 33 rings (SSSR count). The second-order valence-corrected chi connectivity index (χ2v) is 38.0. The molecule has 0 saturated carbocycles. The molecule has 13 nitrogen and oxygen atoms in total. The van der Waals surface area contributed by atoms with Crippen LogP contribution in [0, 0.1) is 41.5 Å². The van der Waals surface area contributed by atoms with E-state index in [1.165, 1.54) is 246 Å². The maximum Gasteiger partial charge on any atom is 0.444 e. The third kappa shape index (κ3) is 8.68. The van der Waals surface area contributed by atoms with Gasteiger partial charge < -0.3 is 18.8 Å². The van der Waals surface area contributed by atoms with Crippen molar-refractivity contribution in [3.8, 4) is 140 Å². The molecule has 0 aliphatic carbocycles. The number of para-hydroxylation sites is 4. The van der Waals surface area contributed by atoms with E-state index in [2.05, 4.69) is 498 Å². The van der Waals surface area contributed by atoms with Gasteiger partial charge in [-0.05, 0) is 194 Å². The van der Waals surface area contributed by atoms with Gasteiger partial charge in [0.15, 0.2) is 46.8 Å². The number of pyridine rings is 3. The van der Waals surface area contributed by atoms with Crippen molar-refractivity contribution in [1.82, 2.24) is 23.2 Å². The monoisotopic (exact) mass is 1740 g/mol. The molecule has 3 unspecified atom stereocenters. The van der Waals surface area contributed by atoms with Crippen LogP contribution in [0.2, 0.25) is 0 Å². The molecule has 0 N–H and O–H groups in total. The van der Waals surface area contributed by atoms with E-state index in [4.69, 9.17) is 4.74 Å². The van der Waals surface area contributed by atoms with E-state index in [1.54, 1.807) is 0 Å². The highest BCUT2D eigenvalue weighted by Crippen LogP contribution is 2.66. The highest BCUT2D eigenvalue weighted by atomic mass is 16.5. The first kappa shape index (κ1) is 74.3. The average molecular weight is 1750 g/mol. The molecule has 18 heterocycles. The van der Waals surface area contributed by atoms with Gasteiger partial charge in [-0.1, -0.05) is 237 Å². The minimum atomic E-state index is -0.619. The largest absolute Gasteiger partial charge is 0.453 e. The molecular weight excluding hydrogens is 1660 g/mol. The molecule has 0 bridgehead atoms. The number of nitrogens with zero attached hydrogens (tertiary/aromatic N) is 12. The van der Waals surface area contributed by atoms with E-state index in [0.29, 0.717) is 0 Å². The SMILES string of the molecule is Cc1c(-c2ccc(-c3ccccc3)cc2)c(C)[n+]2n1-c1ccc3c4ccccc4n4c3c1C21c2c(cccc2-4)-c2cccc[n+]21.Cc1c(-c2ccc(-c3ccccc3)cc2)c(C)[n+]2n1-c1cccc3c1C21c2c(ccc4c2N3c2ccccc2O4)-c2cccc[n+]21.Cc1c(-c2ccc(-c3ccccc3)cc2)c(C)[n+]2n1-c1cccc3c1C21c2c(ccc4c5ccccc5n-3c24)-c2cccc[n+]21. The van der Waals surface area contributed by atoms with E-state index in [1.807, 2.05) is 0 Å². The molecule has 10 aliphatic rings. The third-order valence-electron chi connectivity index (χ3n) is 31.8. The molecule has 15 aromatic carbocycles. The minimum absolute atomic E-state index is 0.543. The van der Waals surface area contributed by atoms with Crippen LogP contribution in [-0.2, 0) is 17.0 Å². The van der Waals surface area contributed by atoms with Gasteiger partial charge in [-0.25, -0.2) is 0 Å². The van der Waals surface area contributed by atoms with Crippen molar-refractivity contribution in [2.45, 2.75) is 58.5 Å². The Bertz CT molecular complexity index is 9380. The Morgan fingerprint density at radius 1 is 0.228 bits per heavy atom. The van der Waals surface area contributed by atoms with E-state index in [-0.39, 0.29) is 0 Å². The summed E-state index contributed by atoms with van der Waals surface area (Å²) in [5.74, 6) is 1.76. The maximum atomic E-state index is 6.67. The molecule has 0 saturated heterocycles. The first-order chi connectivity index (χ1) is 67.1. The highest BCUT2D eigenvalue weighted by Gasteiger charge is 2.77. The normalized spacial score (nSPS) is 16.4. The smallest absolute Gasteiger partial charge is 0.444 e. The molecule has 636 valence electrons. The number of hydrogen-bond acceptors (Lipinski definition) is 2. The van der Waals surface area contributed by atoms with Gasteiger partial charge in [-0.15, -0.1) is 27.7 Å². The average Bonchev–Trinajstić information content (AvgIpc) is 1.47. The van der Waals surface area contributed by atoms with Crippen molar-refractivity contribution in [2.75, 3.05) is 4.90 Å². The molecule has 0 radical (unpaired) electrons. The van der Waals surface area contributed by atoms with Crippen molar-refractivity contribution < 1.29 is 32.5 Å². The van der Waals surface area contributed by atoms with Gasteiger partial charge >= 0.3 is 17.0 Å². The van der Waals surface area contributed by atoms with Crippen molar-refractivity contribution >= 4 is 60.7 Å².